The van der Waals surface area contributed by atoms with E-state index in [9.17, 15) is 43.2 Å². The van der Waals surface area contributed by atoms with Gasteiger partial charge in [0.2, 0.25) is 0 Å². The Morgan fingerprint density at radius 1 is 0.277 bits per heavy atom. The highest BCUT2D eigenvalue weighted by molar-refractivity contribution is 7.47. The van der Waals surface area contributed by atoms with Crippen LogP contribution in [-0.4, -0.2) is 96.7 Å². The SMILES string of the molecule is CCC(C)CCCCCCCCCCCCCCCCC(=O)OC[C@H](COP(=O)(O)OCC(O)COP(=O)(O)OC[C@@H](COC(=O)CCCCCCCCCC(C)C)OC(=O)CCCCCCCCCCCCCCCCCCC(C)C)OC(=O)CCCCCCCCCCCCCC(C)C. The average Bonchev–Trinajstić information content (AvgIpc) is 0.926. The highest BCUT2D eigenvalue weighted by Crippen LogP contribution is 2.45. The molecule has 0 fully saturated rings. The van der Waals surface area contributed by atoms with E-state index in [0.717, 1.165) is 114 Å². The van der Waals surface area contributed by atoms with Crippen LogP contribution < -0.4 is 0 Å². The van der Waals surface area contributed by atoms with E-state index < -0.39 is 97.5 Å². The second-order valence-corrected chi connectivity index (χ2v) is 34.1. The molecule has 600 valence electrons. The van der Waals surface area contributed by atoms with Gasteiger partial charge >= 0.3 is 39.5 Å². The number of phosphoric acid groups is 2. The van der Waals surface area contributed by atoms with Crippen LogP contribution >= 0.6 is 15.6 Å². The molecule has 4 unspecified atom stereocenters. The van der Waals surface area contributed by atoms with Gasteiger partial charge in [0.1, 0.15) is 19.3 Å². The number of unbranched alkanes of at least 4 members (excludes halogenated alkanes) is 44. The molecular formula is C82H160O17P2. The van der Waals surface area contributed by atoms with Gasteiger partial charge in [0, 0.05) is 25.7 Å². The molecule has 0 aliphatic heterocycles. The Morgan fingerprint density at radius 2 is 0.475 bits per heavy atom. The van der Waals surface area contributed by atoms with E-state index in [-0.39, 0.29) is 25.7 Å². The van der Waals surface area contributed by atoms with Gasteiger partial charge in [-0.1, -0.05) is 370 Å². The third kappa shape index (κ3) is 74.7. The lowest BCUT2D eigenvalue weighted by Gasteiger charge is -2.21. The summed E-state index contributed by atoms with van der Waals surface area (Å²) in [5, 5.41) is 10.6. The molecule has 3 N–H and O–H groups in total. The van der Waals surface area contributed by atoms with Crippen molar-refractivity contribution in [2.45, 2.75) is 440 Å². The van der Waals surface area contributed by atoms with Crippen LogP contribution in [0.5, 0.6) is 0 Å². The molecule has 0 saturated carbocycles. The van der Waals surface area contributed by atoms with E-state index in [1.54, 1.807) is 0 Å². The summed E-state index contributed by atoms with van der Waals surface area (Å²) in [6.45, 7) is 14.3. The third-order valence-corrected chi connectivity index (χ3v) is 21.3. The number of phosphoric ester groups is 2. The highest BCUT2D eigenvalue weighted by Gasteiger charge is 2.30. The largest absolute Gasteiger partial charge is 0.472 e. The van der Waals surface area contributed by atoms with E-state index >= 15 is 0 Å². The second kappa shape index (κ2) is 71.0. The predicted octanol–water partition coefficient (Wildman–Crippen LogP) is 24.4. The molecule has 0 amide bonds. The fourth-order valence-corrected chi connectivity index (χ4v) is 14.2. The van der Waals surface area contributed by atoms with Gasteiger partial charge in [0.05, 0.1) is 26.4 Å². The maximum Gasteiger partial charge on any atom is 0.472 e. The van der Waals surface area contributed by atoms with Gasteiger partial charge in [0.25, 0.3) is 0 Å². The predicted molar refractivity (Wildman–Crippen MR) is 414 cm³/mol. The zero-order chi connectivity index (χ0) is 74.6. The normalized spacial score (nSPS) is 14.3. The third-order valence-electron chi connectivity index (χ3n) is 19.4. The molecule has 0 aromatic carbocycles. The Balaban J connectivity index is 5.22. The first-order valence-electron chi connectivity index (χ1n) is 42.2. The molecule has 6 atom stereocenters. The first kappa shape index (κ1) is 99.1. The van der Waals surface area contributed by atoms with Gasteiger partial charge in [-0.05, 0) is 49.4 Å². The summed E-state index contributed by atoms with van der Waals surface area (Å²) in [6, 6.07) is 0. The monoisotopic (exact) mass is 1480 g/mol. The Kier molecular flexibility index (Phi) is 69.6. The van der Waals surface area contributed by atoms with Crippen LogP contribution in [0.15, 0.2) is 0 Å². The summed E-state index contributed by atoms with van der Waals surface area (Å²) in [4.78, 5) is 73.1. The second-order valence-electron chi connectivity index (χ2n) is 31.2. The van der Waals surface area contributed by atoms with Gasteiger partial charge in [-0.2, -0.15) is 0 Å². The van der Waals surface area contributed by atoms with Crippen molar-refractivity contribution in [3.8, 4) is 0 Å². The Hall–Kier alpha value is -1.94. The van der Waals surface area contributed by atoms with Crippen LogP contribution in [0.1, 0.15) is 421 Å². The number of esters is 4. The maximum atomic E-state index is 13.1. The number of aliphatic hydroxyl groups excluding tert-OH is 1. The van der Waals surface area contributed by atoms with Gasteiger partial charge in [-0.25, -0.2) is 9.13 Å². The number of ether oxygens (including phenoxy) is 4. The number of carbonyl (C=O) groups excluding carboxylic acids is 4. The van der Waals surface area contributed by atoms with Crippen molar-refractivity contribution >= 4 is 39.5 Å². The minimum absolute atomic E-state index is 0.106. The van der Waals surface area contributed by atoms with Crippen LogP contribution in [0.25, 0.3) is 0 Å². The Bertz CT molecular complexity index is 1970. The summed E-state index contributed by atoms with van der Waals surface area (Å²) in [7, 11) is -9.92. The van der Waals surface area contributed by atoms with Crippen LogP contribution in [0, 0.1) is 23.7 Å². The van der Waals surface area contributed by atoms with Crippen molar-refractivity contribution < 1.29 is 80.2 Å². The lowest BCUT2D eigenvalue weighted by atomic mass is 9.99. The van der Waals surface area contributed by atoms with Crippen LogP contribution in [0.2, 0.25) is 0 Å². The summed E-state index contributed by atoms with van der Waals surface area (Å²) in [6.07, 6.45) is 58.3. The molecule has 19 heteroatoms. The summed E-state index contributed by atoms with van der Waals surface area (Å²) >= 11 is 0. The molecule has 101 heavy (non-hydrogen) atoms. The first-order valence-corrected chi connectivity index (χ1v) is 45.2. The fraction of sp³-hybridized carbons (Fsp3) is 0.951. The number of aliphatic hydroxyl groups is 1. The van der Waals surface area contributed by atoms with Gasteiger partial charge in [-0.3, -0.25) is 37.3 Å². The Labute approximate surface area is 619 Å². The summed E-state index contributed by atoms with van der Waals surface area (Å²) in [5.74, 6) is 1.02. The van der Waals surface area contributed by atoms with Crippen molar-refractivity contribution in [1.82, 2.24) is 0 Å². The standard InChI is InChI=1S/C82H160O17P2/c1-9-75(8)61-53-45-37-29-23-17-14-15-18-24-30-38-46-54-62-79(84)92-68-77(98-82(87)65-57-49-40-32-26-20-22-28-35-43-51-59-73(4)5)70-96-100(88,89)94-66-76(83)67-95-101(90,91)97-71-78(69-93-80(85)63-55-47-41-33-36-44-52-60-74(6)7)99-81(86)64-56-48-39-31-25-19-13-11-10-12-16-21-27-34-42-50-58-72(2)3/h72-78,83H,9-71H2,1-8H3,(H,88,89)(H,90,91)/t75?,76?,77-,78-/m1/s1. The molecule has 0 aliphatic carbocycles. The summed E-state index contributed by atoms with van der Waals surface area (Å²) in [5.41, 5.74) is 0. The van der Waals surface area contributed by atoms with Crippen molar-refractivity contribution in [1.29, 1.82) is 0 Å². The van der Waals surface area contributed by atoms with Crippen LogP contribution in [0.3, 0.4) is 0 Å². The molecule has 17 nitrogen and oxygen atoms in total. The number of hydrogen-bond acceptors (Lipinski definition) is 15. The van der Waals surface area contributed by atoms with E-state index in [4.69, 9.17) is 37.0 Å². The van der Waals surface area contributed by atoms with E-state index in [0.29, 0.717) is 31.6 Å². The van der Waals surface area contributed by atoms with E-state index in [1.165, 1.54) is 218 Å². The molecule has 0 spiro atoms. The lowest BCUT2D eigenvalue weighted by molar-refractivity contribution is -0.161. The number of carbonyl (C=O) groups is 4. The molecule has 0 aromatic heterocycles. The fourth-order valence-electron chi connectivity index (χ4n) is 12.6. The number of hydrogen-bond donors (Lipinski definition) is 3. The van der Waals surface area contributed by atoms with Gasteiger partial charge in [-0.15, -0.1) is 0 Å². The molecule has 0 aromatic rings. The molecule has 0 rings (SSSR count). The van der Waals surface area contributed by atoms with Gasteiger partial charge in [0.15, 0.2) is 12.2 Å². The molecule has 0 heterocycles. The van der Waals surface area contributed by atoms with Crippen molar-refractivity contribution in [2.24, 2.45) is 23.7 Å². The minimum atomic E-state index is -4.96. The number of rotatable bonds is 79. The smallest absolute Gasteiger partial charge is 0.462 e. The molecule has 0 radical (unpaired) electrons. The first-order chi connectivity index (χ1) is 48.6. The molecule has 0 bridgehead atoms. The van der Waals surface area contributed by atoms with Crippen LogP contribution in [0.4, 0.5) is 0 Å². The zero-order valence-corrected chi connectivity index (χ0v) is 68.3. The maximum absolute atomic E-state index is 13.1. The molecule has 0 aliphatic rings. The van der Waals surface area contributed by atoms with Crippen molar-refractivity contribution in [3.63, 3.8) is 0 Å². The van der Waals surface area contributed by atoms with Crippen molar-refractivity contribution in [3.05, 3.63) is 0 Å². The average molecular weight is 1480 g/mol. The molecule has 0 saturated heterocycles. The minimum Gasteiger partial charge on any atom is -0.462 e. The summed E-state index contributed by atoms with van der Waals surface area (Å²) < 4.78 is 68.7. The van der Waals surface area contributed by atoms with E-state index in [2.05, 4.69) is 55.4 Å². The lowest BCUT2D eigenvalue weighted by Crippen LogP contribution is -2.30. The highest BCUT2D eigenvalue weighted by atomic mass is 31.2. The Morgan fingerprint density at radius 3 is 0.703 bits per heavy atom. The topological polar surface area (TPSA) is 237 Å². The van der Waals surface area contributed by atoms with Crippen molar-refractivity contribution in [2.75, 3.05) is 39.6 Å². The van der Waals surface area contributed by atoms with E-state index in [1.807, 2.05) is 0 Å². The zero-order valence-electron chi connectivity index (χ0n) is 66.5. The van der Waals surface area contributed by atoms with Crippen LogP contribution in [-0.2, 0) is 65.4 Å². The molecular weight excluding hydrogens is 1320 g/mol. The quantitative estimate of drug-likeness (QED) is 0.0222. The van der Waals surface area contributed by atoms with Gasteiger partial charge < -0.3 is 33.8 Å².